The molecule has 0 unspecified atom stereocenters. The number of pyridine rings is 1. The summed E-state index contributed by atoms with van der Waals surface area (Å²) in [6, 6.07) is 7.11. The Morgan fingerprint density at radius 1 is 1.19 bits per heavy atom. The minimum absolute atomic E-state index is 0.00347. The predicted octanol–water partition coefficient (Wildman–Crippen LogP) is 1.67. The van der Waals surface area contributed by atoms with Crippen molar-refractivity contribution in [1.29, 1.82) is 0 Å². The molecule has 0 bridgehead atoms. The molecule has 1 aromatic carbocycles. The average Bonchev–Trinajstić information content (AvgIpc) is 3.27. The Morgan fingerprint density at radius 3 is 2.67 bits per heavy atom. The maximum atomic E-state index is 12.4. The second-order valence-corrected chi connectivity index (χ2v) is 6.89. The van der Waals surface area contributed by atoms with Gasteiger partial charge in [-0.1, -0.05) is 0 Å². The monoisotopic (exact) mass is 367 g/mol. The number of hydrogen-bond donors (Lipinski definition) is 1. The van der Waals surface area contributed by atoms with Gasteiger partial charge in [-0.25, -0.2) is 4.79 Å². The van der Waals surface area contributed by atoms with Gasteiger partial charge in [-0.05, 0) is 37.1 Å². The molecule has 2 aromatic rings. The minimum Gasteiger partial charge on any atom is -0.370 e. The molecule has 2 fully saturated rings. The van der Waals surface area contributed by atoms with E-state index < -0.39 is 11.9 Å². The summed E-state index contributed by atoms with van der Waals surface area (Å²) >= 11 is 0. The van der Waals surface area contributed by atoms with Crippen molar-refractivity contribution in [2.75, 3.05) is 43.4 Å². The fraction of sp³-hybridized carbons (Fsp3) is 0.368. The molecule has 0 atom stereocenters. The van der Waals surface area contributed by atoms with Gasteiger partial charge in [-0.3, -0.25) is 19.5 Å². The van der Waals surface area contributed by atoms with Crippen LogP contribution in [-0.4, -0.2) is 65.9 Å². The highest BCUT2D eigenvalue weighted by molar-refractivity contribution is 6.09. The van der Waals surface area contributed by atoms with Gasteiger partial charge >= 0.3 is 6.03 Å². The lowest BCUT2D eigenvalue weighted by molar-refractivity contribution is -0.129. The molecule has 2 aliphatic rings. The average molecular weight is 367 g/mol. The molecule has 0 radical (unpaired) electrons. The van der Waals surface area contributed by atoms with Crippen molar-refractivity contribution in [2.45, 2.75) is 12.8 Å². The molecule has 1 aromatic heterocycles. The number of carbonyl (C=O) groups is 3. The first kappa shape index (κ1) is 17.3. The van der Waals surface area contributed by atoms with Crippen LogP contribution in [0.25, 0.3) is 10.9 Å². The van der Waals surface area contributed by atoms with Crippen molar-refractivity contribution in [3.8, 4) is 0 Å². The lowest BCUT2D eigenvalue weighted by Crippen LogP contribution is -2.38. The number of rotatable bonds is 4. The lowest BCUT2D eigenvalue weighted by Gasteiger charge is -2.21. The summed E-state index contributed by atoms with van der Waals surface area (Å²) in [5, 5.41) is 3.66. The number of fused-ring (bicyclic) bond motifs is 1. The van der Waals surface area contributed by atoms with Gasteiger partial charge in [0.05, 0.1) is 16.9 Å². The Labute approximate surface area is 156 Å². The van der Waals surface area contributed by atoms with Gasteiger partial charge in [-0.2, -0.15) is 0 Å². The molecule has 0 spiro atoms. The smallest absolute Gasteiger partial charge is 0.327 e. The van der Waals surface area contributed by atoms with E-state index in [1.54, 1.807) is 6.20 Å². The second-order valence-electron chi connectivity index (χ2n) is 6.89. The number of aromatic nitrogens is 1. The first-order valence-electron chi connectivity index (χ1n) is 9.02. The van der Waals surface area contributed by atoms with Crippen molar-refractivity contribution in [2.24, 2.45) is 0 Å². The predicted molar refractivity (Wildman–Crippen MR) is 102 cm³/mol. The molecule has 8 heteroatoms. The second kappa shape index (κ2) is 6.86. The molecule has 8 nitrogen and oxygen atoms in total. The zero-order chi connectivity index (χ0) is 19.0. The topological polar surface area (TPSA) is 85.8 Å². The quantitative estimate of drug-likeness (QED) is 0.831. The van der Waals surface area contributed by atoms with Crippen LogP contribution in [0.2, 0.25) is 0 Å². The van der Waals surface area contributed by atoms with E-state index in [0.29, 0.717) is 5.69 Å². The van der Waals surface area contributed by atoms with Crippen molar-refractivity contribution in [3.05, 3.63) is 30.5 Å². The summed E-state index contributed by atoms with van der Waals surface area (Å²) in [6.45, 7) is 1.72. The molecule has 2 aliphatic heterocycles. The van der Waals surface area contributed by atoms with Crippen LogP contribution in [-0.2, 0) is 9.59 Å². The number of nitrogens with zero attached hydrogens (tertiary/aromatic N) is 4. The fourth-order valence-electron chi connectivity index (χ4n) is 3.64. The summed E-state index contributed by atoms with van der Waals surface area (Å²) < 4.78 is 0. The third-order valence-electron chi connectivity index (χ3n) is 5.00. The van der Waals surface area contributed by atoms with Crippen LogP contribution in [0.1, 0.15) is 12.8 Å². The van der Waals surface area contributed by atoms with E-state index in [9.17, 15) is 14.4 Å². The molecule has 0 saturated carbocycles. The Morgan fingerprint density at radius 2 is 1.96 bits per heavy atom. The van der Waals surface area contributed by atoms with E-state index in [0.717, 1.165) is 34.6 Å². The first-order valence-corrected chi connectivity index (χ1v) is 9.02. The van der Waals surface area contributed by atoms with E-state index in [1.807, 2.05) is 24.3 Å². The van der Waals surface area contributed by atoms with Crippen molar-refractivity contribution < 1.29 is 14.4 Å². The van der Waals surface area contributed by atoms with Crippen molar-refractivity contribution >= 4 is 40.1 Å². The Hall–Kier alpha value is -3.16. The largest absolute Gasteiger partial charge is 0.370 e. The van der Waals surface area contributed by atoms with E-state index in [-0.39, 0.29) is 19.0 Å². The van der Waals surface area contributed by atoms with Gasteiger partial charge in [0.25, 0.3) is 5.91 Å². The molecule has 0 aliphatic carbocycles. The highest BCUT2D eigenvalue weighted by Crippen LogP contribution is 2.32. The molecule has 1 N–H and O–H groups in total. The number of hydrogen-bond acceptors (Lipinski definition) is 5. The Balaban J connectivity index is 1.57. The van der Waals surface area contributed by atoms with Crippen LogP contribution in [0.5, 0.6) is 0 Å². The molecule has 2 saturated heterocycles. The van der Waals surface area contributed by atoms with Crippen molar-refractivity contribution in [3.63, 3.8) is 0 Å². The van der Waals surface area contributed by atoms with Crippen molar-refractivity contribution in [1.82, 2.24) is 14.8 Å². The van der Waals surface area contributed by atoms with Gasteiger partial charge in [0, 0.05) is 31.7 Å². The summed E-state index contributed by atoms with van der Waals surface area (Å²) in [5.41, 5.74) is 2.52. The minimum atomic E-state index is -0.453. The zero-order valence-electron chi connectivity index (χ0n) is 15.1. The number of urea groups is 1. The zero-order valence-corrected chi connectivity index (χ0v) is 15.1. The highest BCUT2D eigenvalue weighted by atomic mass is 16.2. The van der Waals surface area contributed by atoms with Gasteiger partial charge in [0.1, 0.15) is 13.1 Å². The number of benzene rings is 1. The number of imide groups is 1. The highest BCUT2D eigenvalue weighted by Gasteiger charge is 2.34. The Kier molecular flexibility index (Phi) is 4.39. The standard InChI is InChI=1S/C19H21N5O3/c1-22-12-17(26)24(19(22)27)11-16(25)21-14-6-7-15(23-9-2-3-10-23)18-13(14)5-4-8-20-18/h4-8H,2-3,9-12H2,1H3,(H,21,25). The molecule has 27 heavy (non-hydrogen) atoms. The molecular formula is C19H21N5O3. The molecule has 4 amide bonds. The van der Waals surface area contributed by atoms with Gasteiger partial charge < -0.3 is 15.1 Å². The number of likely N-dealkylation sites (N-methyl/N-ethyl adjacent to an activating group) is 1. The normalized spacial score (nSPS) is 17.3. The van der Waals surface area contributed by atoms with Gasteiger partial charge in [0.15, 0.2) is 0 Å². The number of nitrogens with one attached hydrogen (secondary N) is 1. The van der Waals surface area contributed by atoms with Crippen LogP contribution in [0.4, 0.5) is 16.2 Å². The van der Waals surface area contributed by atoms with Crippen LogP contribution >= 0.6 is 0 Å². The number of anilines is 2. The maximum Gasteiger partial charge on any atom is 0.327 e. The van der Waals surface area contributed by atoms with E-state index in [1.165, 1.54) is 24.8 Å². The van der Waals surface area contributed by atoms with Gasteiger partial charge in [-0.15, -0.1) is 0 Å². The van der Waals surface area contributed by atoms with Crippen LogP contribution < -0.4 is 10.2 Å². The van der Waals surface area contributed by atoms with E-state index >= 15 is 0 Å². The molecular weight excluding hydrogens is 346 g/mol. The molecule has 3 heterocycles. The van der Waals surface area contributed by atoms with Crippen LogP contribution in [0.15, 0.2) is 30.5 Å². The SMILES string of the molecule is CN1CC(=O)N(CC(=O)Nc2ccc(N3CCCC3)c3ncccc23)C1=O. The summed E-state index contributed by atoms with van der Waals surface area (Å²) in [4.78, 5) is 45.3. The lowest BCUT2D eigenvalue weighted by atomic mass is 10.1. The van der Waals surface area contributed by atoms with E-state index in [2.05, 4.69) is 15.2 Å². The molecule has 4 rings (SSSR count). The number of amides is 4. The summed E-state index contributed by atoms with van der Waals surface area (Å²) in [7, 11) is 1.54. The molecule has 140 valence electrons. The third-order valence-corrected chi connectivity index (χ3v) is 5.00. The summed E-state index contributed by atoms with van der Waals surface area (Å²) in [5.74, 6) is -0.778. The third kappa shape index (κ3) is 3.18. The summed E-state index contributed by atoms with van der Waals surface area (Å²) in [6.07, 6.45) is 4.07. The first-order chi connectivity index (χ1) is 13.0. The number of carbonyl (C=O) groups excluding carboxylic acids is 3. The van der Waals surface area contributed by atoms with Crippen LogP contribution in [0, 0.1) is 0 Å². The fourth-order valence-corrected chi connectivity index (χ4v) is 3.64. The maximum absolute atomic E-state index is 12.4. The van der Waals surface area contributed by atoms with Crippen LogP contribution in [0.3, 0.4) is 0 Å². The Bertz CT molecular complexity index is 923. The van der Waals surface area contributed by atoms with E-state index in [4.69, 9.17) is 0 Å². The van der Waals surface area contributed by atoms with Gasteiger partial charge in [0.2, 0.25) is 5.91 Å².